The molecule has 2 atom stereocenters. The molecule has 0 radical (unpaired) electrons. The Bertz CT molecular complexity index is 487. The molecule has 4 N–H and O–H groups in total. The number of hydrogen-bond donors (Lipinski definition) is 3. The van der Waals surface area contributed by atoms with Crippen LogP contribution >= 0.6 is 0 Å². The fourth-order valence-electron chi connectivity index (χ4n) is 2.79. The molecule has 0 spiro atoms. The summed E-state index contributed by atoms with van der Waals surface area (Å²) in [5.74, 6) is 0.599. The van der Waals surface area contributed by atoms with Crippen LogP contribution in [0, 0.1) is 12.8 Å². The molecule has 1 aliphatic carbocycles. The Hall–Kier alpha value is -1.55. The monoisotopic (exact) mass is 262 g/mol. The number of benzene rings is 1. The van der Waals surface area contributed by atoms with E-state index in [1.807, 2.05) is 0 Å². The van der Waals surface area contributed by atoms with E-state index in [0.29, 0.717) is 11.6 Å². The van der Waals surface area contributed by atoms with Crippen molar-refractivity contribution in [3.05, 3.63) is 23.8 Å². The molecule has 19 heavy (non-hydrogen) atoms. The molecule has 2 unspecified atom stereocenters. The van der Waals surface area contributed by atoms with Gasteiger partial charge < -0.3 is 16.2 Å². The first-order chi connectivity index (χ1) is 8.90. The summed E-state index contributed by atoms with van der Waals surface area (Å²) >= 11 is 0. The summed E-state index contributed by atoms with van der Waals surface area (Å²) < 4.78 is 0. The third kappa shape index (κ3) is 3.07. The first kappa shape index (κ1) is 13.9. The SMILES string of the molecule is Cc1cc(NC(=O)C2(N)CCCC(C)C2)ccc1O. The zero-order valence-electron chi connectivity index (χ0n) is 11.6. The summed E-state index contributed by atoms with van der Waals surface area (Å²) in [6.07, 6.45) is 3.61. The van der Waals surface area contributed by atoms with E-state index in [0.717, 1.165) is 31.2 Å². The number of anilines is 1. The Kier molecular flexibility index (Phi) is 3.80. The van der Waals surface area contributed by atoms with Crippen molar-refractivity contribution in [2.45, 2.75) is 45.1 Å². The molecular formula is C15H22N2O2. The molecular weight excluding hydrogens is 240 g/mol. The van der Waals surface area contributed by atoms with E-state index in [4.69, 9.17) is 5.73 Å². The van der Waals surface area contributed by atoms with Gasteiger partial charge in [0.2, 0.25) is 5.91 Å². The lowest BCUT2D eigenvalue weighted by atomic mass is 9.76. The number of amides is 1. The maximum absolute atomic E-state index is 12.3. The number of rotatable bonds is 2. The standard InChI is InChI=1S/C15H22N2O2/c1-10-4-3-7-15(16,9-10)14(19)17-12-5-6-13(18)11(2)8-12/h5-6,8,10,18H,3-4,7,9,16H2,1-2H3,(H,17,19). The molecule has 0 bridgehead atoms. The molecule has 104 valence electrons. The third-order valence-electron chi connectivity index (χ3n) is 3.94. The first-order valence-electron chi connectivity index (χ1n) is 6.81. The van der Waals surface area contributed by atoms with Gasteiger partial charge >= 0.3 is 0 Å². The highest BCUT2D eigenvalue weighted by Gasteiger charge is 2.37. The van der Waals surface area contributed by atoms with Gasteiger partial charge in [-0.1, -0.05) is 19.8 Å². The molecule has 1 aliphatic rings. The maximum atomic E-state index is 12.3. The van der Waals surface area contributed by atoms with Crippen molar-refractivity contribution in [3.8, 4) is 5.75 Å². The molecule has 1 aromatic rings. The van der Waals surface area contributed by atoms with Gasteiger partial charge in [-0.25, -0.2) is 0 Å². The third-order valence-corrected chi connectivity index (χ3v) is 3.94. The smallest absolute Gasteiger partial charge is 0.244 e. The number of phenolic OH excluding ortho intramolecular Hbond substituents is 1. The van der Waals surface area contributed by atoms with Crippen molar-refractivity contribution in [2.75, 3.05) is 5.32 Å². The number of aryl methyl sites for hydroxylation is 1. The Morgan fingerprint density at radius 3 is 2.89 bits per heavy atom. The van der Waals surface area contributed by atoms with Gasteiger partial charge in [-0.2, -0.15) is 0 Å². The summed E-state index contributed by atoms with van der Waals surface area (Å²) in [5, 5.41) is 12.3. The molecule has 2 rings (SSSR count). The van der Waals surface area contributed by atoms with Crippen LogP contribution in [0.4, 0.5) is 5.69 Å². The molecule has 0 aromatic heterocycles. The highest BCUT2D eigenvalue weighted by Crippen LogP contribution is 2.31. The minimum Gasteiger partial charge on any atom is -0.508 e. The van der Waals surface area contributed by atoms with E-state index in [-0.39, 0.29) is 11.7 Å². The second kappa shape index (κ2) is 5.21. The predicted molar refractivity (Wildman–Crippen MR) is 76.0 cm³/mol. The quantitative estimate of drug-likeness (QED) is 0.717. The molecule has 0 aliphatic heterocycles. The highest BCUT2D eigenvalue weighted by molar-refractivity contribution is 5.98. The van der Waals surface area contributed by atoms with E-state index in [9.17, 15) is 9.90 Å². The first-order valence-corrected chi connectivity index (χ1v) is 6.81. The summed E-state index contributed by atoms with van der Waals surface area (Å²) in [7, 11) is 0. The normalized spacial score (nSPS) is 27.0. The van der Waals surface area contributed by atoms with Gasteiger partial charge in [0.05, 0.1) is 5.54 Å². The van der Waals surface area contributed by atoms with Crippen molar-refractivity contribution in [3.63, 3.8) is 0 Å². The zero-order chi connectivity index (χ0) is 14.0. The fourth-order valence-corrected chi connectivity index (χ4v) is 2.79. The highest BCUT2D eigenvalue weighted by atomic mass is 16.3. The number of carbonyl (C=O) groups is 1. The Labute approximate surface area is 114 Å². The van der Waals surface area contributed by atoms with Crippen molar-refractivity contribution in [2.24, 2.45) is 11.7 Å². The number of hydrogen-bond acceptors (Lipinski definition) is 3. The number of aromatic hydroxyl groups is 1. The summed E-state index contributed by atoms with van der Waals surface area (Å²) in [4.78, 5) is 12.3. The molecule has 1 amide bonds. The van der Waals surface area contributed by atoms with E-state index in [1.165, 1.54) is 0 Å². The van der Waals surface area contributed by atoms with Crippen LogP contribution in [0.5, 0.6) is 5.75 Å². The molecule has 1 saturated carbocycles. The molecule has 4 nitrogen and oxygen atoms in total. The van der Waals surface area contributed by atoms with Crippen molar-refractivity contribution in [1.29, 1.82) is 0 Å². The molecule has 0 saturated heterocycles. The number of nitrogens with two attached hydrogens (primary N) is 1. The van der Waals surface area contributed by atoms with Crippen LogP contribution in [-0.4, -0.2) is 16.6 Å². The van der Waals surface area contributed by atoms with Crippen LogP contribution in [-0.2, 0) is 4.79 Å². The molecule has 1 aromatic carbocycles. The van der Waals surface area contributed by atoms with Gasteiger partial charge in [-0.15, -0.1) is 0 Å². The molecule has 4 heteroatoms. The van der Waals surface area contributed by atoms with Crippen molar-refractivity contribution < 1.29 is 9.90 Å². The van der Waals surface area contributed by atoms with E-state index >= 15 is 0 Å². The minimum atomic E-state index is -0.760. The summed E-state index contributed by atoms with van der Waals surface area (Å²) in [5.41, 5.74) is 6.91. The summed E-state index contributed by atoms with van der Waals surface area (Å²) in [6.45, 7) is 3.94. The van der Waals surface area contributed by atoms with E-state index in [1.54, 1.807) is 25.1 Å². The van der Waals surface area contributed by atoms with Crippen LogP contribution in [0.3, 0.4) is 0 Å². The zero-order valence-corrected chi connectivity index (χ0v) is 11.6. The second-order valence-electron chi connectivity index (χ2n) is 5.81. The van der Waals surface area contributed by atoms with Gasteiger partial charge in [0.15, 0.2) is 0 Å². The van der Waals surface area contributed by atoms with Crippen LogP contribution < -0.4 is 11.1 Å². The molecule has 0 heterocycles. The minimum absolute atomic E-state index is 0.121. The van der Waals surface area contributed by atoms with E-state index < -0.39 is 5.54 Å². The van der Waals surface area contributed by atoms with Crippen LogP contribution in [0.2, 0.25) is 0 Å². The van der Waals surface area contributed by atoms with Gasteiger partial charge in [0.1, 0.15) is 5.75 Å². The average Bonchev–Trinajstić information content (AvgIpc) is 2.33. The average molecular weight is 262 g/mol. The van der Waals surface area contributed by atoms with Crippen LogP contribution in [0.25, 0.3) is 0 Å². The fraction of sp³-hybridized carbons (Fsp3) is 0.533. The van der Waals surface area contributed by atoms with Gasteiger partial charge in [-0.05, 0) is 49.4 Å². The number of nitrogens with one attached hydrogen (secondary N) is 1. The Balaban J connectivity index is 2.09. The van der Waals surface area contributed by atoms with Crippen molar-refractivity contribution in [1.82, 2.24) is 0 Å². The largest absolute Gasteiger partial charge is 0.508 e. The maximum Gasteiger partial charge on any atom is 0.244 e. The van der Waals surface area contributed by atoms with Gasteiger partial charge in [0, 0.05) is 5.69 Å². The van der Waals surface area contributed by atoms with Gasteiger partial charge in [0.25, 0.3) is 0 Å². The predicted octanol–water partition coefficient (Wildman–Crippen LogP) is 2.55. The van der Waals surface area contributed by atoms with Crippen LogP contribution in [0.15, 0.2) is 18.2 Å². The number of phenols is 1. The van der Waals surface area contributed by atoms with Crippen molar-refractivity contribution >= 4 is 11.6 Å². The van der Waals surface area contributed by atoms with E-state index in [2.05, 4.69) is 12.2 Å². The Morgan fingerprint density at radius 1 is 1.53 bits per heavy atom. The number of carbonyl (C=O) groups excluding carboxylic acids is 1. The van der Waals surface area contributed by atoms with Gasteiger partial charge in [-0.3, -0.25) is 4.79 Å². The lowest BCUT2D eigenvalue weighted by Gasteiger charge is -2.35. The summed E-state index contributed by atoms with van der Waals surface area (Å²) in [6, 6.07) is 5.02. The molecule has 1 fully saturated rings. The topological polar surface area (TPSA) is 75.4 Å². The van der Waals surface area contributed by atoms with Crippen LogP contribution in [0.1, 0.15) is 38.2 Å². The Morgan fingerprint density at radius 2 is 2.26 bits per heavy atom. The second-order valence-corrected chi connectivity index (χ2v) is 5.81. The lowest BCUT2D eigenvalue weighted by molar-refractivity contribution is -0.122. The lowest BCUT2D eigenvalue weighted by Crippen LogP contribution is -2.53.